The van der Waals surface area contributed by atoms with Crippen LogP contribution in [0, 0.1) is 6.92 Å². The summed E-state index contributed by atoms with van der Waals surface area (Å²) >= 11 is 0. The smallest absolute Gasteiger partial charge is 0.330 e. The van der Waals surface area contributed by atoms with Crippen molar-refractivity contribution >= 4 is 22.9 Å². The minimum atomic E-state index is -0.370. The van der Waals surface area contributed by atoms with Gasteiger partial charge in [-0.3, -0.25) is 4.90 Å². The van der Waals surface area contributed by atoms with Gasteiger partial charge in [0.2, 0.25) is 0 Å². The molecule has 1 aliphatic rings. The van der Waals surface area contributed by atoms with E-state index in [2.05, 4.69) is 61.9 Å². The summed E-state index contributed by atoms with van der Waals surface area (Å²) in [5.41, 5.74) is 14.8. The summed E-state index contributed by atoms with van der Waals surface area (Å²) in [6.07, 6.45) is 4.92. The number of nitrogens with one attached hydrogen (secondary N) is 1. The van der Waals surface area contributed by atoms with E-state index in [4.69, 9.17) is 5.53 Å². The van der Waals surface area contributed by atoms with Crippen LogP contribution in [0.5, 0.6) is 0 Å². The zero-order chi connectivity index (χ0) is 22.5. The van der Waals surface area contributed by atoms with E-state index in [-0.39, 0.29) is 12.0 Å². The standard InChI is InChI=1S/C25H27N5O2/c1-17-23(22-5-3-4-6-24(22)27-17)14-21-13-20(28-29-26)16-30(21)15-19-9-7-18(8-10-19)11-12-25(31)32-2/h3-12,20-21,27H,13-16H2,1-2H3/b12-11+/t20-,21+/m0/s1. The number of ether oxygens (including phenoxy) is 1. The number of likely N-dealkylation sites (tertiary alicyclic amines) is 1. The van der Waals surface area contributed by atoms with Crippen LogP contribution in [0.15, 0.2) is 59.7 Å². The Kier molecular flexibility index (Phi) is 6.59. The normalized spacial score (nSPS) is 18.8. The van der Waals surface area contributed by atoms with Crippen LogP contribution in [-0.4, -0.2) is 41.6 Å². The quantitative estimate of drug-likeness (QED) is 0.185. The third-order valence-electron chi connectivity index (χ3n) is 6.17. The summed E-state index contributed by atoms with van der Waals surface area (Å²) in [4.78, 5) is 20.3. The molecule has 0 spiro atoms. The summed E-state index contributed by atoms with van der Waals surface area (Å²) in [5.74, 6) is -0.370. The SMILES string of the molecule is COC(=O)/C=C/c1ccc(CN2C[C@@H](N=[N+]=[N-])C[C@@H]2Cc2c(C)[nH]c3ccccc23)cc1. The van der Waals surface area contributed by atoms with Crippen molar-refractivity contribution in [2.24, 2.45) is 5.11 Å². The van der Waals surface area contributed by atoms with Gasteiger partial charge in [0.1, 0.15) is 0 Å². The summed E-state index contributed by atoms with van der Waals surface area (Å²) in [6, 6.07) is 16.8. The highest BCUT2D eigenvalue weighted by molar-refractivity contribution is 5.87. The molecule has 1 N–H and O–H groups in total. The molecular formula is C25H27N5O2. The summed E-state index contributed by atoms with van der Waals surface area (Å²) < 4.78 is 4.64. The molecule has 7 heteroatoms. The van der Waals surface area contributed by atoms with Crippen molar-refractivity contribution in [2.75, 3.05) is 13.7 Å². The highest BCUT2D eigenvalue weighted by Gasteiger charge is 2.32. The number of aryl methyl sites for hydroxylation is 1. The summed E-state index contributed by atoms with van der Waals surface area (Å²) in [6.45, 7) is 3.66. The largest absolute Gasteiger partial charge is 0.466 e. The monoisotopic (exact) mass is 429 g/mol. The van der Waals surface area contributed by atoms with E-state index in [1.54, 1.807) is 6.08 Å². The van der Waals surface area contributed by atoms with E-state index in [9.17, 15) is 4.79 Å². The lowest BCUT2D eigenvalue weighted by Crippen LogP contribution is -2.31. The third-order valence-corrected chi connectivity index (χ3v) is 6.17. The number of esters is 1. The molecule has 2 atom stereocenters. The lowest BCUT2D eigenvalue weighted by atomic mass is 10.00. The number of carbonyl (C=O) groups is 1. The maximum absolute atomic E-state index is 11.3. The number of carbonyl (C=O) groups excluding carboxylic acids is 1. The second-order valence-electron chi connectivity index (χ2n) is 8.25. The van der Waals surface area contributed by atoms with Crippen LogP contribution < -0.4 is 0 Å². The second-order valence-corrected chi connectivity index (χ2v) is 8.25. The Morgan fingerprint density at radius 3 is 2.81 bits per heavy atom. The molecule has 2 aromatic carbocycles. The molecule has 0 radical (unpaired) electrons. The van der Waals surface area contributed by atoms with E-state index in [0.717, 1.165) is 37.0 Å². The van der Waals surface area contributed by atoms with Gasteiger partial charge in [-0.05, 0) is 54.1 Å². The lowest BCUT2D eigenvalue weighted by molar-refractivity contribution is -0.134. The minimum Gasteiger partial charge on any atom is -0.466 e. The van der Waals surface area contributed by atoms with E-state index >= 15 is 0 Å². The number of methoxy groups -OCH3 is 1. The Labute approximate surface area is 187 Å². The van der Waals surface area contributed by atoms with Crippen LogP contribution in [0.4, 0.5) is 0 Å². The van der Waals surface area contributed by atoms with Crippen molar-refractivity contribution in [1.82, 2.24) is 9.88 Å². The Morgan fingerprint density at radius 2 is 2.06 bits per heavy atom. The number of nitrogens with zero attached hydrogens (tertiary/aromatic N) is 4. The van der Waals surface area contributed by atoms with E-state index in [1.165, 1.54) is 35.4 Å². The fourth-order valence-corrected chi connectivity index (χ4v) is 4.55. The summed E-state index contributed by atoms with van der Waals surface area (Å²) in [5, 5.41) is 5.28. The molecule has 7 nitrogen and oxygen atoms in total. The molecule has 1 aromatic heterocycles. The molecule has 0 aliphatic carbocycles. The average Bonchev–Trinajstić information content (AvgIpc) is 3.33. The number of hydrogen-bond acceptors (Lipinski definition) is 4. The van der Waals surface area contributed by atoms with Crippen LogP contribution in [0.1, 0.15) is 28.8 Å². The molecule has 1 aliphatic heterocycles. The molecular weight excluding hydrogens is 402 g/mol. The Morgan fingerprint density at radius 1 is 1.28 bits per heavy atom. The first-order chi connectivity index (χ1) is 15.6. The van der Waals surface area contributed by atoms with Crippen LogP contribution in [0.25, 0.3) is 27.4 Å². The first-order valence-corrected chi connectivity index (χ1v) is 10.8. The zero-order valence-corrected chi connectivity index (χ0v) is 18.4. The van der Waals surface area contributed by atoms with Crippen molar-refractivity contribution in [2.45, 2.75) is 38.4 Å². The van der Waals surface area contributed by atoms with Gasteiger partial charge in [0.15, 0.2) is 0 Å². The Bertz CT molecular complexity index is 1170. The van der Waals surface area contributed by atoms with Crippen molar-refractivity contribution in [1.29, 1.82) is 0 Å². The lowest BCUT2D eigenvalue weighted by Gasteiger charge is -2.25. The predicted molar refractivity (Wildman–Crippen MR) is 126 cm³/mol. The fourth-order valence-electron chi connectivity index (χ4n) is 4.55. The van der Waals surface area contributed by atoms with Crippen LogP contribution in [-0.2, 0) is 22.5 Å². The number of para-hydroxylation sites is 1. The number of azide groups is 1. The van der Waals surface area contributed by atoms with Crippen molar-refractivity contribution in [3.63, 3.8) is 0 Å². The predicted octanol–water partition coefficient (Wildman–Crippen LogP) is 5.16. The number of rotatable bonds is 7. The van der Waals surface area contributed by atoms with E-state index < -0.39 is 0 Å². The molecule has 1 fully saturated rings. The van der Waals surface area contributed by atoms with Gasteiger partial charge in [-0.1, -0.05) is 47.6 Å². The maximum Gasteiger partial charge on any atom is 0.330 e. The summed E-state index contributed by atoms with van der Waals surface area (Å²) in [7, 11) is 1.36. The van der Waals surface area contributed by atoms with Gasteiger partial charge in [0, 0.05) is 46.7 Å². The molecule has 0 bridgehead atoms. The van der Waals surface area contributed by atoms with Crippen LogP contribution in [0.3, 0.4) is 0 Å². The first-order valence-electron chi connectivity index (χ1n) is 10.8. The number of hydrogen-bond donors (Lipinski definition) is 1. The third kappa shape index (κ3) is 4.85. The number of benzene rings is 2. The Balaban J connectivity index is 1.52. The number of aromatic nitrogens is 1. The minimum absolute atomic E-state index is 0.0159. The fraction of sp³-hybridized carbons (Fsp3) is 0.320. The van der Waals surface area contributed by atoms with Gasteiger partial charge in [-0.2, -0.15) is 0 Å². The zero-order valence-electron chi connectivity index (χ0n) is 18.4. The van der Waals surface area contributed by atoms with Gasteiger partial charge in [-0.15, -0.1) is 0 Å². The molecule has 0 unspecified atom stereocenters. The molecule has 3 aromatic rings. The highest BCUT2D eigenvalue weighted by Crippen LogP contribution is 2.30. The molecule has 0 amide bonds. The van der Waals surface area contributed by atoms with Crippen molar-refractivity contribution in [3.8, 4) is 0 Å². The molecule has 32 heavy (non-hydrogen) atoms. The number of fused-ring (bicyclic) bond motifs is 1. The molecule has 0 saturated carbocycles. The van der Waals surface area contributed by atoms with Crippen LogP contribution >= 0.6 is 0 Å². The molecule has 164 valence electrons. The molecule has 2 heterocycles. The number of H-pyrrole nitrogens is 1. The van der Waals surface area contributed by atoms with E-state index in [0.29, 0.717) is 6.04 Å². The maximum atomic E-state index is 11.3. The van der Waals surface area contributed by atoms with Gasteiger partial charge >= 0.3 is 5.97 Å². The van der Waals surface area contributed by atoms with Crippen molar-refractivity contribution < 1.29 is 9.53 Å². The van der Waals surface area contributed by atoms with Crippen LogP contribution in [0.2, 0.25) is 0 Å². The topological polar surface area (TPSA) is 94.1 Å². The second kappa shape index (κ2) is 9.73. The van der Waals surface area contributed by atoms with Gasteiger partial charge < -0.3 is 9.72 Å². The molecule has 4 rings (SSSR count). The number of aromatic amines is 1. The highest BCUT2D eigenvalue weighted by atomic mass is 16.5. The van der Waals surface area contributed by atoms with Crippen molar-refractivity contribution in [3.05, 3.63) is 87.4 Å². The van der Waals surface area contributed by atoms with Gasteiger partial charge in [0.25, 0.3) is 0 Å². The first kappa shape index (κ1) is 21.7. The average molecular weight is 430 g/mol. The van der Waals surface area contributed by atoms with E-state index in [1.807, 2.05) is 18.2 Å². The Hall–Kier alpha value is -3.54. The molecule has 1 saturated heterocycles. The van der Waals surface area contributed by atoms with Gasteiger partial charge in [-0.25, -0.2) is 4.79 Å². The van der Waals surface area contributed by atoms with Gasteiger partial charge in [0.05, 0.1) is 13.2 Å².